The Balaban J connectivity index is 1.76. The molecule has 110 valence electrons. The van der Waals surface area contributed by atoms with Crippen molar-refractivity contribution in [2.45, 2.75) is 13.3 Å². The number of nitrogens with one attached hydrogen (secondary N) is 1. The molecule has 0 bridgehead atoms. The Kier molecular flexibility index (Phi) is 5.05. The van der Waals surface area contributed by atoms with E-state index in [1.54, 1.807) is 17.8 Å². The zero-order valence-electron chi connectivity index (χ0n) is 11.9. The minimum atomic E-state index is -0.185. The molecule has 0 spiro atoms. The number of amides is 2. The smallest absolute Gasteiger partial charge is 0.269 e. The van der Waals surface area contributed by atoms with Gasteiger partial charge < -0.3 is 10.2 Å². The molecular formula is C13H20N4O2S. The number of aromatic nitrogens is 2. The maximum atomic E-state index is 11.9. The second kappa shape index (κ2) is 6.78. The van der Waals surface area contributed by atoms with Crippen LogP contribution in [-0.2, 0) is 11.8 Å². The van der Waals surface area contributed by atoms with Gasteiger partial charge in [0.1, 0.15) is 5.69 Å². The number of carbonyl (C=O) groups is 2. The average molecular weight is 296 g/mol. The second-order valence-electron chi connectivity index (χ2n) is 4.79. The molecule has 6 nitrogen and oxygen atoms in total. The van der Waals surface area contributed by atoms with Crippen LogP contribution in [0, 0.1) is 6.92 Å². The molecule has 1 aromatic heterocycles. The van der Waals surface area contributed by atoms with Gasteiger partial charge in [-0.1, -0.05) is 0 Å². The molecular weight excluding hydrogens is 276 g/mol. The normalized spacial score (nSPS) is 15.2. The van der Waals surface area contributed by atoms with Gasteiger partial charge in [-0.3, -0.25) is 14.3 Å². The van der Waals surface area contributed by atoms with Crippen molar-refractivity contribution in [2.24, 2.45) is 7.05 Å². The number of carbonyl (C=O) groups excluding carboxylic acids is 2. The zero-order chi connectivity index (χ0) is 14.5. The van der Waals surface area contributed by atoms with Crippen molar-refractivity contribution in [2.75, 3.05) is 31.1 Å². The van der Waals surface area contributed by atoms with E-state index in [4.69, 9.17) is 0 Å². The number of rotatable bonds is 4. The molecule has 0 aromatic carbocycles. The maximum Gasteiger partial charge on any atom is 0.269 e. The summed E-state index contributed by atoms with van der Waals surface area (Å²) < 4.78 is 1.55. The molecule has 20 heavy (non-hydrogen) atoms. The summed E-state index contributed by atoms with van der Waals surface area (Å²) in [5.74, 6) is 1.94. The summed E-state index contributed by atoms with van der Waals surface area (Å²) in [5.41, 5.74) is 1.32. The summed E-state index contributed by atoms with van der Waals surface area (Å²) >= 11 is 1.87. The van der Waals surface area contributed by atoms with Crippen molar-refractivity contribution in [1.82, 2.24) is 20.0 Å². The number of nitrogens with zero attached hydrogens (tertiary/aromatic N) is 3. The topological polar surface area (TPSA) is 67.2 Å². The summed E-state index contributed by atoms with van der Waals surface area (Å²) in [6, 6.07) is 1.74. The van der Waals surface area contributed by atoms with Crippen molar-refractivity contribution >= 4 is 23.6 Å². The summed E-state index contributed by atoms with van der Waals surface area (Å²) in [6.07, 6.45) is 0.354. The van der Waals surface area contributed by atoms with Crippen molar-refractivity contribution in [3.05, 3.63) is 17.5 Å². The first-order valence-electron chi connectivity index (χ1n) is 6.72. The van der Waals surface area contributed by atoms with Gasteiger partial charge in [-0.25, -0.2) is 0 Å². The quantitative estimate of drug-likeness (QED) is 0.874. The standard InChI is InChI=1S/C13H20N4O2S/c1-10-9-11(16(2)15-10)13(19)14-4-3-12(18)17-5-7-20-8-6-17/h9H,3-8H2,1-2H3,(H,14,19). The Labute approximate surface area is 122 Å². The Morgan fingerprint density at radius 3 is 2.70 bits per heavy atom. The lowest BCUT2D eigenvalue weighted by Gasteiger charge is -2.26. The molecule has 1 N–H and O–H groups in total. The highest BCUT2D eigenvalue weighted by molar-refractivity contribution is 7.99. The lowest BCUT2D eigenvalue weighted by Crippen LogP contribution is -2.39. The zero-order valence-corrected chi connectivity index (χ0v) is 12.7. The molecule has 1 saturated heterocycles. The molecule has 7 heteroatoms. The van der Waals surface area contributed by atoms with Crippen LogP contribution in [-0.4, -0.2) is 57.6 Å². The van der Waals surface area contributed by atoms with E-state index in [9.17, 15) is 9.59 Å². The molecule has 2 amide bonds. The van der Waals surface area contributed by atoms with Crippen molar-refractivity contribution in [3.63, 3.8) is 0 Å². The fourth-order valence-corrected chi connectivity index (χ4v) is 3.07. The van der Waals surface area contributed by atoms with Crippen molar-refractivity contribution < 1.29 is 9.59 Å². The minimum Gasteiger partial charge on any atom is -0.350 e. The molecule has 0 aliphatic carbocycles. The first-order chi connectivity index (χ1) is 9.58. The van der Waals surface area contributed by atoms with E-state index in [0.717, 1.165) is 30.3 Å². The van der Waals surface area contributed by atoms with Gasteiger partial charge in [-0.2, -0.15) is 16.9 Å². The Bertz CT molecular complexity index is 495. The van der Waals surface area contributed by atoms with Gasteiger partial charge in [-0.15, -0.1) is 0 Å². The molecule has 1 fully saturated rings. The fraction of sp³-hybridized carbons (Fsp3) is 0.615. The van der Waals surface area contributed by atoms with Gasteiger partial charge in [0.05, 0.1) is 5.69 Å². The molecule has 0 atom stereocenters. The van der Waals surface area contributed by atoms with Gasteiger partial charge in [0.25, 0.3) is 5.91 Å². The lowest BCUT2D eigenvalue weighted by atomic mass is 10.3. The highest BCUT2D eigenvalue weighted by Gasteiger charge is 2.17. The van der Waals surface area contributed by atoms with Crippen LogP contribution >= 0.6 is 11.8 Å². The van der Waals surface area contributed by atoms with Crippen LogP contribution in [0.2, 0.25) is 0 Å². The maximum absolute atomic E-state index is 11.9. The van der Waals surface area contributed by atoms with Crippen LogP contribution in [0.25, 0.3) is 0 Å². The predicted molar refractivity (Wildman–Crippen MR) is 78.8 cm³/mol. The number of aryl methyl sites for hydroxylation is 2. The van der Waals surface area contributed by atoms with E-state index < -0.39 is 0 Å². The van der Waals surface area contributed by atoms with Gasteiger partial charge in [0.2, 0.25) is 5.91 Å². The Morgan fingerprint density at radius 2 is 2.10 bits per heavy atom. The van der Waals surface area contributed by atoms with E-state index in [-0.39, 0.29) is 11.8 Å². The SMILES string of the molecule is Cc1cc(C(=O)NCCC(=O)N2CCSCC2)n(C)n1. The number of hydrogen-bond donors (Lipinski definition) is 1. The van der Waals surface area contributed by atoms with E-state index in [1.165, 1.54) is 0 Å². The summed E-state index contributed by atoms with van der Waals surface area (Å²) in [7, 11) is 1.73. The third-order valence-corrected chi connectivity index (χ3v) is 4.17. The third-order valence-electron chi connectivity index (χ3n) is 3.22. The van der Waals surface area contributed by atoms with E-state index in [1.807, 2.05) is 23.6 Å². The van der Waals surface area contributed by atoms with Crippen LogP contribution in [0.3, 0.4) is 0 Å². The Hall–Kier alpha value is -1.50. The minimum absolute atomic E-state index is 0.117. The van der Waals surface area contributed by atoms with Gasteiger partial charge >= 0.3 is 0 Å². The van der Waals surface area contributed by atoms with E-state index >= 15 is 0 Å². The highest BCUT2D eigenvalue weighted by atomic mass is 32.2. The number of thioether (sulfide) groups is 1. The molecule has 0 unspecified atom stereocenters. The van der Waals surface area contributed by atoms with Crippen LogP contribution < -0.4 is 5.32 Å². The summed E-state index contributed by atoms with van der Waals surface area (Å²) in [4.78, 5) is 25.7. The summed E-state index contributed by atoms with van der Waals surface area (Å²) in [6.45, 7) is 3.84. The first kappa shape index (κ1) is 14.9. The molecule has 0 saturated carbocycles. The predicted octanol–water partition coefficient (Wildman–Crippen LogP) is 0.424. The van der Waals surface area contributed by atoms with Gasteiger partial charge in [0.15, 0.2) is 0 Å². The molecule has 2 rings (SSSR count). The van der Waals surface area contributed by atoms with E-state index in [0.29, 0.717) is 18.7 Å². The molecule has 1 aromatic rings. The second-order valence-corrected chi connectivity index (χ2v) is 6.02. The molecule has 0 radical (unpaired) electrons. The van der Waals surface area contributed by atoms with E-state index in [2.05, 4.69) is 10.4 Å². The van der Waals surface area contributed by atoms with Crippen LogP contribution in [0.5, 0.6) is 0 Å². The fourth-order valence-electron chi connectivity index (χ4n) is 2.17. The van der Waals surface area contributed by atoms with Crippen LogP contribution in [0.1, 0.15) is 22.6 Å². The van der Waals surface area contributed by atoms with Gasteiger partial charge in [-0.05, 0) is 13.0 Å². The highest BCUT2D eigenvalue weighted by Crippen LogP contribution is 2.10. The average Bonchev–Trinajstić information content (AvgIpc) is 2.78. The first-order valence-corrected chi connectivity index (χ1v) is 7.88. The Morgan fingerprint density at radius 1 is 1.40 bits per heavy atom. The lowest BCUT2D eigenvalue weighted by molar-refractivity contribution is -0.130. The molecule has 1 aliphatic heterocycles. The molecule has 2 heterocycles. The van der Waals surface area contributed by atoms with Crippen molar-refractivity contribution in [1.29, 1.82) is 0 Å². The molecule has 1 aliphatic rings. The monoisotopic (exact) mass is 296 g/mol. The van der Waals surface area contributed by atoms with Crippen LogP contribution in [0.15, 0.2) is 6.07 Å². The third kappa shape index (κ3) is 3.75. The number of hydrogen-bond acceptors (Lipinski definition) is 4. The van der Waals surface area contributed by atoms with Crippen molar-refractivity contribution in [3.8, 4) is 0 Å². The van der Waals surface area contributed by atoms with Gasteiger partial charge in [0, 0.05) is 44.6 Å². The largest absolute Gasteiger partial charge is 0.350 e. The van der Waals surface area contributed by atoms with Crippen LogP contribution in [0.4, 0.5) is 0 Å². The summed E-state index contributed by atoms with van der Waals surface area (Å²) in [5, 5.41) is 6.90.